The predicted octanol–water partition coefficient (Wildman–Crippen LogP) is 2.74. The molecule has 9 nitrogen and oxygen atoms in total. The lowest BCUT2D eigenvalue weighted by Crippen LogP contribution is -2.38. The second-order valence-corrected chi connectivity index (χ2v) is 8.53. The Hall–Kier alpha value is -3.17. The largest absolute Gasteiger partial charge is 0.496 e. The Balaban J connectivity index is 0.00000259. The molecular weight excluding hydrogens is 448 g/mol. The van der Waals surface area contributed by atoms with Gasteiger partial charge in [-0.3, -0.25) is 19.5 Å². The van der Waals surface area contributed by atoms with Crippen molar-refractivity contribution in [1.29, 1.82) is 0 Å². The van der Waals surface area contributed by atoms with Gasteiger partial charge in [0.15, 0.2) is 0 Å². The van der Waals surface area contributed by atoms with Gasteiger partial charge in [-0.2, -0.15) is 0 Å². The molecule has 0 bridgehead atoms. The lowest BCUT2D eigenvalue weighted by Gasteiger charge is -2.32. The quantitative estimate of drug-likeness (QED) is 0.435. The molecule has 0 amide bonds. The molecule has 174 valence electrons. The highest BCUT2D eigenvalue weighted by Gasteiger charge is 2.40. The lowest BCUT2D eigenvalue weighted by atomic mass is 9.73. The number of aromatic amines is 1. The van der Waals surface area contributed by atoms with Crippen LogP contribution in [0.5, 0.6) is 5.75 Å². The van der Waals surface area contributed by atoms with Gasteiger partial charge in [0.25, 0.3) is 11.2 Å². The van der Waals surface area contributed by atoms with Crippen LogP contribution in [0.3, 0.4) is 0 Å². The third-order valence-corrected chi connectivity index (χ3v) is 6.94. The number of nitro benzene ring substituents is 1. The zero-order valence-electron chi connectivity index (χ0n) is 18.1. The number of hydrogen-bond acceptors (Lipinski definition) is 6. The molecule has 1 aromatic heterocycles. The molecule has 3 aromatic rings. The number of rotatable bonds is 5. The van der Waals surface area contributed by atoms with Gasteiger partial charge in [0, 0.05) is 30.6 Å². The molecule has 0 saturated carbocycles. The van der Waals surface area contributed by atoms with Crippen LogP contribution in [0.1, 0.15) is 29.9 Å². The van der Waals surface area contributed by atoms with Crippen molar-refractivity contribution >= 4 is 29.0 Å². The summed E-state index contributed by atoms with van der Waals surface area (Å²) in [7, 11) is 1.69. The van der Waals surface area contributed by atoms with Crippen LogP contribution in [0.2, 0.25) is 0 Å². The number of H-pyrrole nitrogens is 1. The second kappa shape index (κ2) is 8.99. The van der Waals surface area contributed by atoms with Gasteiger partial charge in [0.2, 0.25) is 0 Å². The summed E-state index contributed by atoms with van der Waals surface area (Å²) >= 11 is 0. The highest BCUT2D eigenvalue weighted by molar-refractivity contribution is 5.85. The van der Waals surface area contributed by atoms with Gasteiger partial charge in [0.1, 0.15) is 5.75 Å². The molecule has 3 unspecified atom stereocenters. The van der Waals surface area contributed by atoms with Gasteiger partial charge >= 0.3 is 5.69 Å². The third kappa shape index (κ3) is 3.91. The van der Waals surface area contributed by atoms with Gasteiger partial charge in [-0.25, -0.2) is 4.79 Å². The number of methoxy groups -OCH3 is 1. The fraction of sp³-hybridized carbons (Fsp3) is 0.391. The van der Waals surface area contributed by atoms with E-state index in [1.807, 2.05) is 12.1 Å². The minimum Gasteiger partial charge on any atom is -0.496 e. The van der Waals surface area contributed by atoms with Gasteiger partial charge in [-0.05, 0) is 55.0 Å². The summed E-state index contributed by atoms with van der Waals surface area (Å²) in [6.45, 7) is 1.13. The summed E-state index contributed by atoms with van der Waals surface area (Å²) in [6, 6.07) is 10.2. The number of aromatic nitrogens is 2. The number of ether oxygens (including phenoxy) is 1. The zero-order valence-corrected chi connectivity index (χ0v) is 18.9. The van der Waals surface area contributed by atoms with Crippen LogP contribution >= 0.6 is 12.4 Å². The highest BCUT2D eigenvalue weighted by atomic mass is 35.5. The Morgan fingerprint density at radius 2 is 2.06 bits per heavy atom. The van der Waals surface area contributed by atoms with E-state index in [2.05, 4.69) is 16.4 Å². The van der Waals surface area contributed by atoms with Crippen LogP contribution in [-0.2, 0) is 13.0 Å². The first-order valence-electron chi connectivity index (χ1n) is 10.8. The zero-order chi connectivity index (χ0) is 22.4. The van der Waals surface area contributed by atoms with Crippen molar-refractivity contribution in [1.82, 2.24) is 14.9 Å². The van der Waals surface area contributed by atoms with E-state index in [0.29, 0.717) is 23.8 Å². The summed E-state index contributed by atoms with van der Waals surface area (Å²) in [5, 5.41) is 14.8. The fourth-order valence-electron chi connectivity index (χ4n) is 5.43. The first kappa shape index (κ1) is 23.0. The summed E-state index contributed by atoms with van der Waals surface area (Å²) in [5.41, 5.74) is 1.64. The molecule has 2 aromatic carbocycles. The number of halogens is 1. The number of nitrogens with zero attached hydrogens (tertiary/aromatic N) is 2. The van der Waals surface area contributed by atoms with Crippen LogP contribution in [0.15, 0.2) is 46.0 Å². The Kier molecular flexibility index (Phi) is 6.27. The molecule has 2 N–H and O–H groups in total. The number of non-ortho nitro benzene ring substituents is 1. The molecule has 1 aliphatic carbocycles. The number of nitro groups is 1. The summed E-state index contributed by atoms with van der Waals surface area (Å²) in [5.74, 6) is 1.72. The van der Waals surface area contributed by atoms with Crippen molar-refractivity contribution in [2.75, 3.05) is 13.7 Å². The van der Waals surface area contributed by atoms with Crippen LogP contribution < -0.4 is 21.3 Å². The van der Waals surface area contributed by atoms with E-state index in [-0.39, 0.29) is 36.1 Å². The van der Waals surface area contributed by atoms with Crippen molar-refractivity contribution in [2.24, 2.45) is 5.92 Å². The first-order valence-corrected chi connectivity index (χ1v) is 10.8. The molecule has 2 aliphatic rings. The fourth-order valence-corrected chi connectivity index (χ4v) is 5.43. The number of benzene rings is 2. The van der Waals surface area contributed by atoms with E-state index < -0.39 is 16.2 Å². The van der Waals surface area contributed by atoms with Gasteiger partial charge in [-0.1, -0.05) is 12.1 Å². The Labute approximate surface area is 195 Å². The monoisotopic (exact) mass is 472 g/mol. The van der Waals surface area contributed by atoms with Crippen molar-refractivity contribution in [2.45, 2.75) is 37.8 Å². The van der Waals surface area contributed by atoms with Crippen molar-refractivity contribution < 1.29 is 9.66 Å². The molecule has 0 radical (unpaired) electrons. The van der Waals surface area contributed by atoms with E-state index in [1.165, 1.54) is 29.3 Å². The third-order valence-electron chi connectivity index (χ3n) is 6.94. The standard InChI is InChI=1S/C23H24N4O5.ClH/c1-32-20-4-2-3-16-15(20)7-5-13-12-24-19(21(13)16)9-10-26-22(28)17-11-14(27(30)31)6-8-18(17)25-23(26)29;/h2-4,6,8,11,13,19,21,24H,5,7,9-10,12H2,1H3,(H,25,29);1H. The molecule has 2 heterocycles. The molecule has 10 heteroatoms. The minimum absolute atomic E-state index is 0. The van der Waals surface area contributed by atoms with Crippen molar-refractivity contribution in [3.8, 4) is 5.75 Å². The van der Waals surface area contributed by atoms with E-state index in [1.54, 1.807) is 7.11 Å². The van der Waals surface area contributed by atoms with Crippen LogP contribution in [-0.4, -0.2) is 34.2 Å². The second-order valence-electron chi connectivity index (χ2n) is 8.53. The predicted molar refractivity (Wildman–Crippen MR) is 127 cm³/mol. The molecule has 1 fully saturated rings. The summed E-state index contributed by atoms with van der Waals surface area (Å²) in [4.78, 5) is 38.8. The molecule has 3 atom stereocenters. The molecule has 0 spiro atoms. The van der Waals surface area contributed by atoms with Crippen LogP contribution in [0.4, 0.5) is 5.69 Å². The maximum atomic E-state index is 13.0. The number of fused-ring (bicyclic) bond motifs is 4. The minimum atomic E-state index is -0.550. The SMILES string of the molecule is COc1cccc2c1CCC1CNC(CCn3c(=O)[nH]c4ccc([N+](=O)[O-])cc4c3=O)C21.Cl. The highest BCUT2D eigenvalue weighted by Crippen LogP contribution is 2.45. The Bertz CT molecular complexity index is 1330. The van der Waals surface area contributed by atoms with Gasteiger partial charge < -0.3 is 15.0 Å². The molecule has 1 saturated heterocycles. The van der Waals surface area contributed by atoms with Crippen molar-refractivity contribution in [3.63, 3.8) is 0 Å². The smallest absolute Gasteiger partial charge is 0.328 e. The topological polar surface area (TPSA) is 119 Å². The lowest BCUT2D eigenvalue weighted by molar-refractivity contribution is -0.384. The van der Waals surface area contributed by atoms with Crippen molar-refractivity contribution in [3.05, 3.63) is 78.5 Å². The van der Waals surface area contributed by atoms with E-state index in [0.717, 1.165) is 29.7 Å². The van der Waals surface area contributed by atoms with Crippen LogP contribution in [0, 0.1) is 16.0 Å². The average Bonchev–Trinajstić information content (AvgIpc) is 3.21. The maximum Gasteiger partial charge on any atom is 0.328 e. The number of hydrogen-bond donors (Lipinski definition) is 2. The molecule has 5 rings (SSSR count). The Morgan fingerprint density at radius 3 is 2.82 bits per heavy atom. The summed E-state index contributed by atoms with van der Waals surface area (Å²) < 4.78 is 6.71. The number of nitrogens with one attached hydrogen (secondary N) is 2. The van der Waals surface area contributed by atoms with E-state index in [4.69, 9.17) is 4.74 Å². The molecule has 33 heavy (non-hydrogen) atoms. The summed E-state index contributed by atoms with van der Waals surface area (Å²) in [6.07, 6.45) is 2.65. The van der Waals surface area contributed by atoms with Gasteiger partial charge in [-0.15, -0.1) is 12.4 Å². The van der Waals surface area contributed by atoms with E-state index in [9.17, 15) is 19.7 Å². The Morgan fingerprint density at radius 1 is 1.24 bits per heavy atom. The molecular formula is C23H25ClN4O5. The molecule has 1 aliphatic heterocycles. The van der Waals surface area contributed by atoms with Gasteiger partial charge in [0.05, 0.1) is 22.9 Å². The first-order chi connectivity index (χ1) is 15.5. The average molecular weight is 473 g/mol. The maximum absolute atomic E-state index is 13.0. The normalized spacial score (nSPS) is 21.2. The van der Waals surface area contributed by atoms with Crippen LogP contribution in [0.25, 0.3) is 10.9 Å². The van der Waals surface area contributed by atoms with E-state index >= 15 is 0 Å².